The minimum atomic E-state index is -0.198. The van der Waals surface area contributed by atoms with Gasteiger partial charge in [0.25, 0.3) is 11.8 Å². The number of para-hydroxylation sites is 1. The van der Waals surface area contributed by atoms with E-state index in [0.29, 0.717) is 23.4 Å². The second kappa shape index (κ2) is 11.6. The molecule has 0 saturated carbocycles. The summed E-state index contributed by atoms with van der Waals surface area (Å²) in [7, 11) is 0. The highest BCUT2D eigenvalue weighted by Crippen LogP contribution is 2.27. The molecule has 0 spiro atoms. The van der Waals surface area contributed by atoms with Gasteiger partial charge in [-0.05, 0) is 72.5 Å². The Morgan fingerprint density at radius 2 is 1.31 bits per heavy atom. The Labute approximate surface area is 229 Å². The first-order valence-electron chi connectivity index (χ1n) is 13.0. The second-order valence-electron chi connectivity index (χ2n) is 9.61. The van der Waals surface area contributed by atoms with E-state index in [1.165, 1.54) is 5.56 Å². The summed E-state index contributed by atoms with van der Waals surface area (Å²) in [4.78, 5) is 28.8. The van der Waals surface area contributed by atoms with Crippen molar-refractivity contribution in [1.29, 1.82) is 0 Å². The largest absolute Gasteiger partial charge is 0.322 e. The number of hydrogen-bond acceptors (Lipinski definition) is 2. The molecule has 0 unspecified atom stereocenters. The second-order valence-corrected chi connectivity index (χ2v) is 9.61. The van der Waals surface area contributed by atoms with E-state index >= 15 is 0 Å². The Kier molecular flexibility index (Phi) is 7.65. The van der Waals surface area contributed by atoms with Gasteiger partial charge in [0.15, 0.2) is 0 Å². The summed E-state index contributed by atoms with van der Waals surface area (Å²) in [5, 5.41) is 2.99. The minimum absolute atomic E-state index is 0.101. The molecule has 192 valence electrons. The molecule has 0 saturated heterocycles. The molecule has 0 fully saturated rings. The third kappa shape index (κ3) is 5.97. The van der Waals surface area contributed by atoms with E-state index in [4.69, 9.17) is 0 Å². The number of anilines is 2. The molecule has 0 radical (unpaired) electrons. The van der Waals surface area contributed by atoms with Crippen LogP contribution in [0.1, 0.15) is 37.4 Å². The SMILES string of the molecule is Cc1ccc(-c2ccccc2C(=O)Nc2ccc(C(=O)N(Cc3ccccc3)c3ccccc3C)cc2)cc1. The van der Waals surface area contributed by atoms with Crippen LogP contribution in [-0.2, 0) is 6.54 Å². The normalized spacial score (nSPS) is 10.6. The molecule has 0 atom stereocenters. The van der Waals surface area contributed by atoms with Gasteiger partial charge in [0, 0.05) is 22.5 Å². The third-order valence-electron chi connectivity index (χ3n) is 6.76. The Morgan fingerprint density at radius 1 is 0.667 bits per heavy atom. The fraction of sp³-hybridized carbons (Fsp3) is 0.0857. The molecule has 0 heterocycles. The van der Waals surface area contributed by atoms with Crippen LogP contribution < -0.4 is 10.2 Å². The van der Waals surface area contributed by atoms with Crippen LogP contribution >= 0.6 is 0 Å². The van der Waals surface area contributed by atoms with Crippen LogP contribution in [0.2, 0.25) is 0 Å². The number of nitrogens with one attached hydrogen (secondary N) is 1. The lowest BCUT2D eigenvalue weighted by atomic mass is 9.98. The molecular weight excluding hydrogens is 480 g/mol. The van der Waals surface area contributed by atoms with E-state index in [1.54, 1.807) is 29.2 Å². The highest BCUT2D eigenvalue weighted by atomic mass is 16.2. The summed E-state index contributed by atoms with van der Waals surface area (Å²) in [6, 6.07) is 40.6. The number of carbonyl (C=O) groups is 2. The molecule has 5 aromatic rings. The van der Waals surface area contributed by atoms with Gasteiger partial charge < -0.3 is 10.2 Å². The van der Waals surface area contributed by atoms with Crippen molar-refractivity contribution in [3.05, 3.63) is 155 Å². The zero-order valence-corrected chi connectivity index (χ0v) is 22.1. The van der Waals surface area contributed by atoms with E-state index in [2.05, 4.69) is 5.32 Å². The molecule has 5 aromatic carbocycles. The molecule has 0 aliphatic carbocycles. The van der Waals surface area contributed by atoms with E-state index in [0.717, 1.165) is 27.9 Å². The Bertz CT molecular complexity index is 1590. The van der Waals surface area contributed by atoms with Crippen molar-refractivity contribution < 1.29 is 9.59 Å². The molecule has 39 heavy (non-hydrogen) atoms. The number of benzene rings is 5. The number of aryl methyl sites for hydroxylation is 2. The Hall–Kier alpha value is -4.96. The average molecular weight is 511 g/mol. The Morgan fingerprint density at radius 3 is 2.03 bits per heavy atom. The van der Waals surface area contributed by atoms with Crippen molar-refractivity contribution in [2.75, 3.05) is 10.2 Å². The molecule has 1 N–H and O–H groups in total. The predicted molar refractivity (Wildman–Crippen MR) is 159 cm³/mol. The van der Waals surface area contributed by atoms with Crippen molar-refractivity contribution in [2.24, 2.45) is 0 Å². The lowest BCUT2D eigenvalue weighted by Gasteiger charge is -2.25. The van der Waals surface area contributed by atoms with Gasteiger partial charge in [-0.2, -0.15) is 0 Å². The van der Waals surface area contributed by atoms with Crippen molar-refractivity contribution >= 4 is 23.2 Å². The fourth-order valence-corrected chi connectivity index (χ4v) is 4.62. The summed E-state index contributed by atoms with van der Waals surface area (Å²) in [5.74, 6) is -0.299. The quantitative estimate of drug-likeness (QED) is 0.241. The topological polar surface area (TPSA) is 49.4 Å². The lowest BCUT2D eigenvalue weighted by Crippen LogP contribution is -2.31. The molecule has 4 nitrogen and oxygen atoms in total. The average Bonchev–Trinajstić information content (AvgIpc) is 2.97. The summed E-state index contributed by atoms with van der Waals surface area (Å²) >= 11 is 0. The van der Waals surface area contributed by atoms with E-state index in [1.807, 2.05) is 117 Å². The fourth-order valence-electron chi connectivity index (χ4n) is 4.62. The van der Waals surface area contributed by atoms with Crippen LogP contribution in [0.4, 0.5) is 11.4 Å². The molecule has 0 aromatic heterocycles. The number of hydrogen-bond donors (Lipinski definition) is 1. The van der Waals surface area contributed by atoms with Crippen LogP contribution in [0.15, 0.2) is 127 Å². The van der Waals surface area contributed by atoms with Crippen LogP contribution in [-0.4, -0.2) is 11.8 Å². The highest BCUT2D eigenvalue weighted by Gasteiger charge is 2.20. The van der Waals surface area contributed by atoms with Crippen LogP contribution in [0, 0.1) is 13.8 Å². The van der Waals surface area contributed by atoms with Gasteiger partial charge in [-0.3, -0.25) is 9.59 Å². The summed E-state index contributed by atoms with van der Waals surface area (Å²) in [5.41, 5.74) is 7.74. The highest BCUT2D eigenvalue weighted by molar-refractivity contribution is 6.09. The van der Waals surface area contributed by atoms with Crippen LogP contribution in [0.3, 0.4) is 0 Å². The zero-order chi connectivity index (χ0) is 27.2. The van der Waals surface area contributed by atoms with E-state index < -0.39 is 0 Å². The van der Waals surface area contributed by atoms with Crippen LogP contribution in [0.25, 0.3) is 11.1 Å². The maximum Gasteiger partial charge on any atom is 0.258 e. The smallest absolute Gasteiger partial charge is 0.258 e. The molecule has 2 amide bonds. The van der Waals surface area contributed by atoms with Crippen molar-refractivity contribution in [2.45, 2.75) is 20.4 Å². The molecule has 5 rings (SSSR count). The van der Waals surface area contributed by atoms with E-state index in [-0.39, 0.29) is 11.8 Å². The first kappa shape index (κ1) is 25.7. The molecule has 4 heteroatoms. The Balaban J connectivity index is 1.37. The number of rotatable bonds is 7. The number of nitrogens with zero attached hydrogens (tertiary/aromatic N) is 1. The monoisotopic (exact) mass is 510 g/mol. The van der Waals surface area contributed by atoms with Crippen molar-refractivity contribution in [1.82, 2.24) is 0 Å². The van der Waals surface area contributed by atoms with Gasteiger partial charge in [0.05, 0.1) is 6.54 Å². The van der Waals surface area contributed by atoms with Crippen molar-refractivity contribution in [3.63, 3.8) is 0 Å². The standard InChI is InChI=1S/C35H30N2O2/c1-25-16-18-28(19-17-25)31-13-7-8-14-32(31)34(38)36-30-22-20-29(21-23-30)35(39)37(24-27-11-4-3-5-12-27)33-15-9-6-10-26(33)2/h3-23H,24H2,1-2H3,(H,36,38). The minimum Gasteiger partial charge on any atom is -0.322 e. The van der Waals surface area contributed by atoms with Crippen LogP contribution in [0.5, 0.6) is 0 Å². The van der Waals surface area contributed by atoms with E-state index in [9.17, 15) is 9.59 Å². The van der Waals surface area contributed by atoms with Gasteiger partial charge in [0.2, 0.25) is 0 Å². The summed E-state index contributed by atoms with van der Waals surface area (Å²) < 4.78 is 0. The summed E-state index contributed by atoms with van der Waals surface area (Å²) in [6.45, 7) is 4.51. The maximum atomic E-state index is 13.7. The number of carbonyl (C=O) groups excluding carboxylic acids is 2. The number of amides is 2. The molecule has 0 aliphatic rings. The molecular formula is C35H30N2O2. The third-order valence-corrected chi connectivity index (χ3v) is 6.76. The maximum absolute atomic E-state index is 13.7. The zero-order valence-electron chi connectivity index (χ0n) is 22.1. The lowest BCUT2D eigenvalue weighted by molar-refractivity contribution is 0.0984. The van der Waals surface area contributed by atoms with Gasteiger partial charge >= 0.3 is 0 Å². The van der Waals surface area contributed by atoms with Gasteiger partial charge in [-0.15, -0.1) is 0 Å². The molecule has 0 bridgehead atoms. The predicted octanol–water partition coefficient (Wildman–Crippen LogP) is 8.07. The molecule has 0 aliphatic heterocycles. The van der Waals surface area contributed by atoms with Gasteiger partial charge in [-0.1, -0.05) is 96.6 Å². The van der Waals surface area contributed by atoms with Gasteiger partial charge in [0.1, 0.15) is 0 Å². The van der Waals surface area contributed by atoms with Crippen molar-refractivity contribution in [3.8, 4) is 11.1 Å². The first-order chi connectivity index (χ1) is 19.0. The first-order valence-corrected chi connectivity index (χ1v) is 13.0. The summed E-state index contributed by atoms with van der Waals surface area (Å²) in [6.07, 6.45) is 0. The van der Waals surface area contributed by atoms with Gasteiger partial charge in [-0.25, -0.2) is 0 Å².